The van der Waals surface area contributed by atoms with E-state index in [9.17, 15) is 4.79 Å². The van der Waals surface area contributed by atoms with Crippen LogP contribution in [0.1, 0.15) is 33.6 Å². The second-order valence-electron chi connectivity index (χ2n) is 3.77. The Kier molecular flexibility index (Phi) is 9.18. The van der Waals surface area contributed by atoms with Crippen molar-refractivity contribution in [2.45, 2.75) is 33.6 Å². The molecule has 0 aromatic heterocycles. The number of carbonyl (C=O) groups is 1. The lowest BCUT2D eigenvalue weighted by Gasteiger charge is -2.03. The molecular weight excluding hydrogens is 192 g/mol. The van der Waals surface area contributed by atoms with Crippen molar-refractivity contribution in [1.29, 1.82) is 0 Å². The number of ether oxygens (including phenoxy) is 2. The number of hydrogen-bond donors (Lipinski definition) is 0. The van der Waals surface area contributed by atoms with E-state index in [1.807, 2.05) is 0 Å². The van der Waals surface area contributed by atoms with E-state index in [0.29, 0.717) is 13.2 Å². The summed E-state index contributed by atoms with van der Waals surface area (Å²) in [6.07, 6.45) is 5.35. The largest absolute Gasteiger partial charge is 0.463 e. The van der Waals surface area contributed by atoms with E-state index in [2.05, 4.69) is 13.8 Å². The molecule has 0 heterocycles. The van der Waals surface area contributed by atoms with Crippen LogP contribution in [0.25, 0.3) is 0 Å². The van der Waals surface area contributed by atoms with Crippen molar-refractivity contribution in [1.82, 2.24) is 0 Å². The van der Waals surface area contributed by atoms with Gasteiger partial charge in [-0.3, -0.25) is 0 Å². The highest BCUT2D eigenvalue weighted by atomic mass is 16.5. The van der Waals surface area contributed by atoms with Crippen molar-refractivity contribution in [3.63, 3.8) is 0 Å². The Labute approximate surface area is 92.5 Å². The lowest BCUT2D eigenvalue weighted by molar-refractivity contribution is -0.137. The molecule has 0 aromatic rings. The molecule has 88 valence electrons. The summed E-state index contributed by atoms with van der Waals surface area (Å²) < 4.78 is 10.0. The van der Waals surface area contributed by atoms with Crippen LogP contribution in [0.15, 0.2) is 12.2 Å². The van der Waals surface area contributed by atoms with Crippen LogP contribution >= 0.6 is 0 Å². The third-order valence-electron chi connectivity index (χ3n) is 1.82. The molecule has 0 fully saturated rings. The molecule has 0 atom stereocenters. The highest BCUT2D eigenvalue weighted by Crippen LogP contribution is 2.02. The SMILES string of the molecule is CCOC(=O)/C=C/COCCCC(C)C. The molecule has 0 N–H and O–H groups in total. The van der Waals surface area contributed by atoms with E-state index in [-0.39, 0.29) is 5.97 Å². The van der Waals surface area contributed by atoms with E-state index in [4.69, 9.17) is 9.47 Å². The molecule has 3 heteroatoms. The zero-order valence-corrected chi connectivity index (χ0v) is 9.99. The van der Waals surface area contributed by atoms with Crippen LogP contribution in [0.3, 0.4) is 0 Å². The summed E-state index contributed by atoms with van der Waals surface area (Å²) in [7, 11) is 0. The first-order chi connectivity index (χ1) is 7.16. The van der Waals surface area contributed by atoms with E-state index >= 15 is 0 Å². The van der Waals surface area contributed by atoms with E-state index in [0.717, 1.165) is 18.9 Å². The fourth-order valence-electron chi connectivity index (χ4n) is 1.08. The summed E-state index contributed by atoms with van der Waals surface area (Å²) in [4.78, 5) is 10.9. The van der Waals surface area contributed by atoms with Gasteiger partial charge in [-0.05, 0) is 25.7 Å². The van der Waals surface area contributed by atoms with Crippen LogP contribution in [-0.4, -0.2) is 25.8 Å². The maximum atomic E-state index is 10.9. The van der Waals surface area contributed by atoms with Crippen molar-refractivity contribution < 1.29 is 14.3 Å². The van der Waals surface area contributed by atoms with Gasteiger partial charge in [-0.2, -0.15) is 0 Å². The van der Waals surface area contributed by atoms with Crippen LogP contribution in [0.5, 0.6) is 0 Å². The van der Waals surface area contributed by atoms with Gasteiger partial charge in [0, 0.05) is 12.7 Å². The molecule has 0 rings (SSSR count). The van der Waals surface area contributed by atoms with Gasteiger partial charge in [0.2, 0.25) is 0 Å². The topological polar surface area (TPSA) is 35.5 Å². The molecule has 0 aliphatic heterocycles. The van der Waals surface area contributed by atoms with Gasteiger partial charge >= 0.3 is 5.97 Å². The summed E-state index contributed by atoms with van der Waals surface area (Å²) in [5, 5.41) is 0. The van der Waals surface area contributed by atoms with Gasteiger partial charge in [0.15, 0.2) is 0 Å². The first-order valence-corrected chi connectivity index (χ1v) is 5.57. The van der Waals surface area contributed by atoms with Crippen LogP contribution < -0.4 is 0 Å². The Morgan fingerprint density at radius 2 is 2.13 bits per heavy atom. The van der Waals surface area contributed by atoms with Gasteiger partial charge in [0.05, 0.1) is 13.2 Å². The zero-order chi connectivity index (χ0) is 11.5. The third-order valence-corrected chi connectivity index (χ3v) is 1.82. The summed E-state index contributed by atoms with van der Waals surface area (Å²) in [6, 6.07) is 0. The summed E-state index contributed by atoms with van der Waals surface area (Å²) in [6.45, 7) is 7.83. The van der Waals surface area contributed by atoms with Crippen molar-refractivity contribution in [2.24, 2.45) is 5.92 Å². The number of rotatable bonds is 8. The van der Waals surface area contributed by atoms with Gasteiger partial charge in [0.25, 0.3) is 0 Å². The van der Waals surface area contributed by atoms with Gasteiger partial charge in [-0.1, -0.05) is 19.9 Å². The normalized spacial score (nSPS) is 11.2. The standard InChI is InChI=1S/C12H22O3/c1-4-15-12(13)8-6-10-14-9-5-7-11(2)3/h6,8,11H,4-5,7,9-10H2,1-3H3/b8-6+. The molecule has 0 spiro atoms. The lowest BCUT2D eigenvalue weighted by Crippen LogP contribution is -2.01. The second-order valence-corrected chi connectivity index (χ2v) is 3.77. The minimum Gasteiger partial charge on any atom is -0.463 e. The van der Waals surface area contributed by atoms with E-state index in [1.54, 1.807) is 13.0 Å². The van der Waals surface area contributed by atoms with Gasteiger partial charge in [-0.15, -0.1) is 0 Å². The van der Waals surface area contributed by atoms with Crippen LogP contribution in [0.4, 0.5) is 0 Å². The molecule has 3 nitrogen and oxygen atoms in total. The Bertz CT molecular complexity index is 185. The minimum absolute atomic E-state index is 0.303. The van der Waals surface area contributed by atoms with E-state index < -0.39 is 0 Å². The summed E-state index contributed by atoms with van der Waals surface area (Å²) in [5.41, 5.74) is 0. The molecule has 0 aliphatic rings. The highest BCUT2D eigenvalue weighted by Gasteiger charge is 1.94. The Balaban J connectivity index is 3.26. The molecule has 0 saturated heterocycles. The first kappa shape index (κ1) is 14.2. The first-order valence-electron chi connectivity index (χ1n) is 5.57. The van der Waals surface area contributed by atoms with Crippen molar-refractivity contribution >= 4 is 5.97 Å². The monoisotopic (exact) mass is 214 g/mol. The number of carbonyl (C=O) groups excluding carboxylic acids is 1. The molecule has 0 aliphatic carbocycles. The maximum absolute atomic E-state index is 10.9. The number of esters is 1. The molecular formula is C12H22O3. The lowest BCUT2D eigenvalue weighted by atomic mass is 10.1. The van der Waals surface area contributed by atoms with Crippen molar-refractivity contribution in [3.05, 3.63) is 12.2 Å². The molecule has 15 heavy (non-hydrogen) atoms. The maximum Gasteiger partial charge on any atom is 0.330 e. The van der Waals surface area contributed by atoms with Crippen LogP contribution in [0, 0.1) is 5.92 Å². The predicted molar refractivity (Wildman–Crippen MR) is 60.7 cm³/mol. The fraction of sp³-hybridized carbons (Fsp3) is 0.750. The molecule has 0 amide bonds. The molecule has 0 saturated carbocycles. The highest BCUT2D eigenvalue weighted by molar-refractivity contribution is 5.81. The van der Waals surface area contributed by atoms with Crippen LogP contribution in [-0.2, 0) is 14.3 Å². The van der Waals surface area contributed by atoms with Crippen LogP contribution in [0.2, 0.25) is 0 Å². The third kappa shape index (κ3) is 11.1. The van der Waals surface area contributed by atoms with Crippen molar-refractivity contribution in [2.75, 3.05) is 19.8 Å². The molecule has 0 bridgehead atoms. The quantitative estimate of drug-likeness (QED) is 0.354. The molecule has 0 unspecified atom stereocenters. The van der Waals surface area contributed by atoms with E-state index in [1.165, 1.54) is 12.5 Å². The molecule has 0 aromatic carbocycles. The van der Waals surface area contributed by atoms with Gasteiger partial charge in [0.1, 0.15) is 0 Å². The van der Waals surface area contributed by atoms with Crippen molar-refractivity contribution in [3.8, 4) is 0 Å². The average Bonchev–Trinajstić information content (AvgIpc) is 2.16. The predicted octanol–water partition coefficient (Wildman–Crippen LogP) is 2.56. The number of hydrogen-bond acceptors (Lipinski definition) is 3. The minimum atomic E-state index is -0.303. The van der Waals surface area contributed by atoms with Gasteiger partial charge < -0.3 is 9.47 Å². The smallest absolute Gasteiger partial charge is 0.330 e. The average molecular weight is 214 g/mol. The fourth-order valence-corrected chi connectivity index (χ4v) is 1.08. The summed E-state index contributed by atoms with van der Waals surface area (Å²) >= 11 is 0. The zero-order valence-electron chi connectivity index (χ0n) is 9.99. The Morgan fingerprint density at radius 1 is 1.40 bits per heavy atom. The Hall–Kier alpha value is -0.830. The second kappa shape index (κ2) is 9.71. The Morgan fingerprint density at radius 3 is 2.73 bits per heavy atom. The van der Waals surface area contributed by atoms with Gasteiger partial charge in [-0.25, -0.2) is 4.79 Å². The molecule has 0 radical (unpaired) electrons. The summed E-state index contributed by atoms with van der Waals surface area (Å²) in [5.74, 6) is 0.423.